The molecule has 1 aliphatic carbocycles. The third-order valence-corrected chi connectivity index (χ3v) is 7.76. The van der Waals surface area contributed by atoms with Crippen molar-refractivity contribution in [3.8, 4) is 0 Å². The zero-order valence-corrected chi connectivity index (χ0v) is 27.0. The van der Waals surface area contributed by atoms with Crippen LogP contribution < -0.4 is 5.11 Å². The summed E-state index contributed by atoms with van der Waals surface area (Å²) in [6.45, 7) is 3.22. The first kappa shape index (κ1) is 35.8. The fourth-order valence-electron chi connectivity index (χ4n) is 5.76. The van der Waals surface area contributed by atoms with Crippen molar-refractivity contribution in [3.05, 3.63) is 154 Å². The van der Waals surface area contributed by atoms with Gasteiger partial charge in [0.05, 0.1) is 11.8 Å². The van der Waals surface area contributed by atoms with Crippen molar-refractivity contribution in [1.82, 2.24) is 10.1 Å². The Bertz CT molecular complexity index is 1250. The molecule has 0 heterocycles. The summed E-state index contributed by atoms with van der Waals surface area (Å²) in [5, 5.41) is 38.1. The Labute approximate surface area is 277 Å². The number of amides is 2. The Kier molecular flexibility index (Phi) is 14.1. The molecule has 1 saturated carbocycles. The van der Waals surface area contributed by atoms with Gasteiger partial charge in [0.15, 0.2) is 0 Å². The fourth-order valence-corrected chi connectivity index (χ4v) is 5.76. The zero-order valence-electron chi connectivity index (χ0n) is 25.6. The van der Waals surface area contributed by atoms with Gasteiger partial charge in [0.1, 0.15) is 0 Å². The molecule has 4 aromatic carbocycles. The van der Waals surface area contributed by atoms with E-state index < -0.39 is 41.8 Å². The van der Waals surface area contributed by atoms with Gasteiger partial charge in [-0.05, 0) is 35.1 Å². The van der Waals surface area contributed by atoms with Gasteiger partial charge in [0.2, 0.25) is 11.8 Å². The average Bonchev–Trinajstić information content (AvgIpc) is 3.06. The molecule has 0 saturated heterocycles. The van der Waals surface area contributed by atoms with E-state index in [1.54, 1.807) is 13.8 Å². The van der Waals surface area contributed by atoms with Crippen molar-refractivity contribution in [2.24, 2.45) is 0 Å². The van der Waals surface area contributed by atoms with Crippen LogP contribution in [0.4, 0.5) is 0 Å². The van der Waals surface area contributed by atoms with E-state index in [0.717, 1.165) is 0 Å². The first-order chi connectivity index (χ1) is 21.3. The number of hydrogen-bond donors (Lipinski definition) is 0. The maximum atomic E-state index is 13.9. The van der Waals surface area contributed by atoms with Crippen LogP contribution in [0.15, 0.2) is 121 Å². The van der Waals surface area contributed by atoms with Crippen LogP contribution in [0, 0.1) is 10.4 Å². The molecule has 1 radical (unpaired) electrons. The minimum absolute atomic E-state index is 0. The van der Waals surface area contributed by atoms with E-state index in [9.17, 15) is 25.1 Å². The van der Waals surface area contributed by atoms with Crippen LogP contribution in [-0.2, 0) is 28.1 Å². The number of rotatable bonds is 8. The van der Waals surface area contributed by atoms with Crippen LogP contribution in [0.3, 0.4) is 0 Å². The van der Waals surface area contributed by atoms with E-state index in [2.05, 4.69) is 0 Å². The summed E-state index contributed by atoms with van der Waals surface area (Å²) in [5.74, 6) is -2.87. The third kappa shape index (κ3) is 9.39. The molecule has 0 unspecified atom stereocenters. The molecule has 1 fully saturated rings. The summed E-state index contributed by atoms with van der Waals surface area (Å²) in [5.41, 5.74) is 2.82. The predicted octanol–water partition coefficient (Wildman–Crippen LogP) is 6.37. The van der Waals surface area contributed by atoms with E-state index in [1.807, 2.05) is 121 Å². The molecular weight excluding hydrogens is 603 g/mol. The third-order valence-electron chi connectivity index (χ3n) is 7.76. The van der Waals surface area contributed by atoms with E-state index in [-0.39, 0.29) is 18.6 Å². The van der Waals surface area contributed by atoms with Crippen molar-refractivity contribution in [2.45, 2.75) is 69.6 Å². The molecule has 0 bridgehead atoms. The number of nitrogens with zero attached hydrogens (tertiary/aromatic N) is 2. The smallest absolute Gasteiger partial charge is 0.224 e. The molecule has 0 N–H and O–H groups in total. The Hall–Kier alpha value is -3.72. The van der Waals surface area contributed by atoms with Crippen LogP contribution >= 0.6 is 0 Å². The summed E-state index contributed by atoms with van der Waals surface area (Å²) >= 11 is 0. The van der Waals surface area contributed by atoms with Gasteiger partial charge in [-0.15, -0.1) is 6.10 Å². The second-order valence-corrected chi connectivity index (χ2v) is 11.3. The van der Waals surface area contributed by atoms with Crippen molar-refractivity contribution < 1.29 is 33.3 Å². The Morgan fingerprint density at radius 2 is 0.778 bits per heavy atom. The topological polar surface area (TPSA) is 110 Å². The van der Waals surface area contributed by atoms with Crippen molar-refractivity contribution in [2.75, 3.05) is 0 Å². The summed E-state index contributed by atoms with van der Waals surface area (Å²) in [7, 11) is 0. The first-order valence-electron chi connectivity index (χ1n) is 15.2. The monoisotopic (exact) mass is 642 g/mol. The summed E-state index contributed by atoms with van der Waals surface area (Å²) in [6.07, 6.45) is 1.72. The Morgan fingerprint density at radius 3 is 1.00 bits per heavy atom. The van der Waals surface area contributed by atoms with Gasteiger partial charge < -0.3 is 25.6 Å². The van der Waals surface area contributed by atoms with Crippen molar-refractivity contribution in [1.29, 1.82) is 0 Å². The molecule has 2 atom stereocenters. The largest absolute Gasteiger partial charge is 0.852 e. The minimum Gasteiger partial charge on any atom is -0.852 e. The van der Waals surface area contributed by atoms with Gasteiger partial charge in [-0.25, -0.2) is 0 Å². The fraction of sp³-hybridized carbons (Fsp3) is 0.297. The zero-order chi connectivity index (χ0) is 31.5. The van der Waals surface area contributed by atoms with Gasteiger partial charge in [-0.3, -0.25) is 9.59 Å². The van der Waals surface area contributed by atoms with Gasteiger partial charge in [-0.2, -0.15) is 0 Å². The number of carbonyl (C=O) groups is 2. The number of hydrogen-bond acceptors (Lipinski definition) is 5. The minimum atomic E-state index is -0.926. The second kappa shape index (κ2) is 17.7. The predicted molar refractivity (Wildman–Crippen MR) is 171 cm³/mol. The summed E-state index contributed by atoms with van der Waals surface area (Å²) < 4.78 is 0. The molecule has 4 aromatic rings. The van der Waals surface area contributed by atoms with E-state index in [0.29, 0.717) is 58.1 Å². The molecule has 1 aliphatic rings. The number of hydroxylamine groups is 4. The van der Waals surface area contributed by atoms with Gasteiger partial charge >= 0.3 is 0 Å². The molecule has 8 heteroatoms. The molecule has 5 rings (SSSR count). The van der Waals surface area contributed by atoms with Gasteiger partial charge in [0, 0.05) is 30.6 Å². The maximum absolute atomic E-state index is 13.9. The van der Waals surface area contributed by atoms with E-state index in [1.165, 1.54) is 0 Å². The summed E-state index contributed by atoms with van der Waals surface area (Å²) in [4.78, 5) is 27.7. The first-order valence-corrected chi connectivity index (χ1v) is 15.2. The van der Waals surface area contributed by atoms with Crippen LogP contribution in [0.5, 0.6) is 0 Å². The molecule has 2 amide bonds. The Morgan fingerprint density at radius 1 is 0.556 bits per heavy atom. The van der Waals surface area contributed by atoms with E-state index in [4.69, 9.17) is 0 Å². The standard InChI is InChI=1S/C34H32N2O4.C3H7O.V/c37-33(31(25-15-5-1-6-16-25)26-17-7-2-8-18-26)35(39)29-23-13-14-24-30(29)36(40)34(38)32(27-19-9-3-10-20-27)28-21-11-4-12-22-28;1-3(2)4;/h1-12,15-22,29-32H,13-14,23-24H2;3H,1-2H3;/q-2;-1;/t29-,30-;;/m0../s1. The Balaban J connectivity index is 0.00000104. The molecule has 0 aliphatic heterocycles. The van der Waals surface area contributed by atoms with Gasteiger partial charge in [-0.1, -0.05) is 148 Å². The number of carbonyl (C=O) groups excluding carboxylic acids is 2. The SMILES string of the molecule is CC(C)[O-].O=C(C(c1ccccc1)c1ccccc1)N([O-])[C@H]1CCCC[C@@H]1N([O-])C(=O)C(c1ccccc1)c1ccccc1.[V]. The second-order valence-electron chi connectivity index (χ2n) is 11.3. The molecule has 45 heavy (non-hydrogen) atoms. The van der Waals surface area contributed by atoms with Crippen LogP contribution in [0.2, 0.25) is 0 Å². The van der Waals surface area contributed by atoms with Crippen LogP contribution in [-0.4, -0.2) is 40.1 Å². The van der Waals surface area contributed by atoms with Crippen LogP contribution in [0.1, 0.15) is 73.6 Å². The molecule has 7 nitrogen and oxygen atoms in total. The normalized spacial score (nSPS) is 15.9. The number of benzene rings is 4. The average molecular weight is 643 g/mol. The molecule has 0 spiro atoms. The van der Waals surface area contributed by atoms with Crippen molar-refractivity contribution in [3.63, 3.8) is 0 Å². The molecule has 0 aromatic heterocycles. The quantitative estimate of drug-likeness (QED) is 0.208. The van der Waals surface area contributed by atoms with Gasteiger partial charge in [0.25, 0.3) is 0 Å². The maximum Gasteiger partial charge on any atom is 0.224 e. The molecular formula is C37H39N2O5V-3. The summed E-state index contributed by atoms with van der Waals surface area (Å²) in [6, 6.07) is 34.9. The van der Waals surface area contributed by atoms with Crippen LogP contribution in [0.25, 0.3) is 0 Å². The van der Waals surface area contributed by atoms with Crippen molar-refractivity contribution >= 4 is 11.8 Å². The van der Waals surface area contributed by atoms with E-state index >= 15 is 0 Å². The molecule has 235 valence electrons.